The zero-order valence-electron chi connectivity index (χ0n) is 12.5. The summed E-state index contributed by atoms with van der Waals surface area (Å²) in [4.78, 5) is 16.3. The lowest BCUT2D eigenvalue weighted by Crippen LogP contribution is -2.30. The summed E-state index contributed by atoms with van der Waals surface area (Å²) in [5.41, 5.74) is 0.875. The number of benzene rings is 1. The molecule has 1 saturated heterocycles. The minimum Gasteiger partial charge on any atom is -0.355 e. The van der Waals surface area contributed by atoms with Gasteiger partial charge in [-0.25, -0.2) is 9.37 Å². The van der Waals surface area contributed by atoms with Gasteiger partial charge >= 0.3 is 0 Å². The van der Waals surface area contributed by atoms with E-state index in [9.17, 15) is 9.18 Å². The smallest absolute Gasteiger partial charge is 0.233 e. The molecule has 0 radical (unpaired) electrons. The van der Waals surface area contributed by atoms with Crippen molar-refractivity contribution < 1.29 is 9.18 Å². The molecule has 7 heteroatoms. The van der Waals surface area contributed by atoms with Crippen LogP contribution in [0.5, 0.6) is 0 Å². The van der Waals surface area contributed by atoms with Gasteiger partial charge in [0.05, 0.1) is 5.25 Å². The average molecular weight is 332 g/mol. The van der Waals surface area contributed by atoms with Gasteiger partial charge in [-0.1, -0.05) is 36.4 Å². The topological polar surface area (TPSA) is 70.7 Å². The Hall–Kier alpha value is -2.15. The summed E-state index contributed by atoms with van der Waals surface area (Å²) in [6.45, 7) is 0.746. The van der Waals surface area contributed by atoms with Gasteiger partial charge in [-0.3, -0.25) is 9.89 Å². The Bertz CT molecular complexity index is 698. The first-order valence-corrected chi connectivity index (χ1v) is 8.39. The van der Waals surface area contributed by atoms with E-state index >= 15 is 0 Å². The molecule has 1 amide bonds. The van der Waals surface area contributed by atoms with E-state index in [0.717, 1.165) is 31.4 Å². The summed E-state index contributed by atoms with van der Waals surface area (Å²) >= 11 is 1.38. The maximum absolute atomic E-state index is 12.8. The van der Waals surface area contributed by atoms with Crippen molar-refractivity contribution >= 4 is 29.8 Å². The maximum atomic E-state index is 12.8. The molecule has 0 saturated carbocycles. The number of H-pyrrole nitrogens is 1. The van der Waals surface area contributed by atoms with Gasteiger partial charge in [0, 0.05) is 6.54 Å². The molecular weight excluding hydrogens is 315 g/mol. The van der Waals surface area contributed by atoms with Crippen LogP contribution < -0.4 is 5.32 Å². The number of hydrogen-bond acceptors (Lipinski definition) is 4. The van der Waals surface area contributed by atoms with Crippen LogP contribution in [0.15, 0.2) is 29.4 Å². The molecule has 23 heavy (non-hydrogen) atoms. The quantitative estimate of drug-likeness (QED) is 0.903. The molecule has 2 N–H and O–H groups in total. The minimum atomic E-state index is -0.262. The zero-order valence-corrected chi connectivity index (χ0v) is 13.3. The summed E-state index contributed by atoms with van der Waals surface area (Å²) in [6, 6.07) is 6.19. The van der Waals surface area contributed by atoms with Crippen molar-refractivity contribution in [2.45, 2.75) is 29.7 Å². The fraction of sp³-hybridized carbons (Fsp3) is 0.312. The maximum Gasteiger partial charge on any atom is 0.233 e. The van der Waals surface area contributed by atoms with E-state index in [4.69, 9.17) is 0 Å². The van der Waals surface area contributed by atoms with Crippen LogP contribution in [-0.2, 0) is 4.79 Å². The summed E-state index contributed by atoms with van der Waals surface area (Å²) < 4.78 is 12.8. The Balaban J connectivity index is 1.63. The van der Waals surface area contributed by atoms with Gasteiger partial charge in [0.25, 0.3) is 0 Å². The standard InChI is InChI=1S/C16H17FN4OS/c17-12-7-4-11(5-8-12)6-9-14-19-16(21-20-14)23-13-3-1-2-10-18-15(13)22/h4-9,13H,1-3,10H2,(H,18,22)(H,19,20,21)/b9-6-/t13-/m0/s1. The van der Waals surface area contributed by atoms with E-state index in [1.54, 1.807) is 18.2 Å². The molecule has 1 aromatic heterocycles. The van der Waals surface area contributed by atoms with Gasteiger partial charge in [0.2, 0.25) is 11.1 Å². The third-order valence-electron chi connectivity index (χ3n) is 3.52. The van der Waals surface area contributed by atoms with Gasteiger partial charge < -0.3 is 5.32 Å². The Morgan fingerprint density at radius 1 is 1.22 bits per heavy atom. The molecule has 1 aliphatic heterocycles. The van der Waals surface area contributed by atoms with E-state index in [1.165, 1.54) is 23.9 Å². The highest BCUT2D eigenvalue weighted by Crippen LogP contribution is 2.25. The van der Waals surface area contributed by atoms with Gasteiger partial charge in [0.1, 0.15) is 11.6 Å². The lowest BCUT2D eigenvalue weighted by atomic mass is 10.2. The molecule has 0 aliphatic carbocycles. The molecule has 1 aliphatic rings. The Labute approximate surface area is 137 Å². The Kier molecular flexibility index (Phi) is 5.07. The number of thioether (sulfide) groups is 1. The van der Waals surface area contributed by atoms with Crippen molar-refractivity contribution in [1.82, 2.24) is 20.5 Å². The highest BCUT2D eigenvalue weighted by atomic mass is 32.2. The number of nitrogens with one attached hydrogen (secondary N) is 2. The highest BCUT2D eigenvalue weighted by molar-refractivity contribution is 8.00. The molecule has 0 bridgehead atoms. The van der Waals surface area contributed by atoms with Gasteiger partial charge in [-0.05, 0) is 36.6 Å². The SMILES string of the molecule is O=C1NCCCC[C@@H]1Sc1n[nH]c(/C=C\c2ccc(F)cc2)n1. The number of aromatic amines is 1. The first-order valence-electron chi connectivity index (χ1n) is 7.51. The number of aromatic nitrogens is 3. The summed E-state index contributed by atoms with van der Waals surface area (Å²) in [5, 5.41) is 10.3. The molecule has 1 fully saturated rings. The second-order valence-corrected chi connectivity index (χ2v) is 6.45. The van der Waals surface area contributed by atoms with Crippen LogP contribution in [0.2, 0.25) is 0 Å². The fourth-order valence-corrected chi connectivity index (χ4v) is 3.26. The van der Waals surface area contributed by atoms with Crippen molar-refractivity contribution in [3.8, 4) is 0 Å². The number of hydrogen-bond donors (Lipinski definition) is 2. The summed E-state index contributed by atoms with van der Waals surface area (Å²) in [7, 11) is 0. The number of halogens is 1. The van der Waals surface area contributed by atoms with Crippen LogP contribution in [-0.4, -0.2) is 32.9 Å². The average Bonchev–Trinajstić information content (AvgIpc) is 2.90. The molecular formula is C16H17FN4OS. The summed E-state index contributed by atoms with van der Waals surface area (Å²) in [6.07, 6.45) is 6.48. The predicted octanol–water partition coefficient (Wildman–Crippen LogP) is 2.88. The van der Waals surface area contributed by atoms with Crippen LogP contribution in [0.4, 0.5) is 4.39 Å². The zero-order chi connectivity index (χ0) is 16.1. The van der Waals surface area contributed by atoms with E-state index in [-0.39, 0.29) is 17.0 Å². The van der Waals surface area contributed by atoms with Crippen molar-refractivity contribution in [2.24, 2.45) is 0 Å². The van der Waals surface area contributed by atoms with Crippen LogP contribution >= 0.6 is 11.8 Å². The Morgan fingerprint density at radius 2 is 2.04 bits per heavy atom. The minimum absolute atomic E-state index is 0.0562. The van der Waals surface area contributed by atoms with Gasteiger partial charge in [-0.2, -0.15) is 0 Å². The monoisotopic (exact) mass is 332 g/mol. The third kappa shape index (κ3) is 4.41. The van der Waals surface area contributed by atoms with Gasteiger partial charge in [0.15, 0.2) is 0 Å². The Morgan fingerprint density at radius 3 is 2.87 bits per heavy atom. The summed E-state index contributed by atoms with van der Waals surface area (Å²) in [5.74, 6) is 0.397. The number of carbonyl (C=O) groups excluding carboxylic acids is 1. The second-order valence-electron chi connectivity index (χ2n) is 5.28. The molecule has 1 atom stereocenters. The number of amides is 1. The molecule has 0 spiro atoms. The lowest BCUT2D eigenvalue weighted by Gasteiger charge is -2.09. The highest BCUT2D eigenvalue weighted by Gasteiger charge is 2.23. The van der Waals surface area contributed by atoms with E-state index in [0.29, 0.717) is 11.0 Å². The van der Waals surface area contributed by atoms with Crippen LogP contribution in [0.1, 0.15) is 30.7 Å². The molecule has 3 rings (SSSR count). The van der Waals surface area contributed by atoms with Crippen LogP contribution in [0.3, 0.4) is 0 Å². The molecule has 5 nitrogen and oxygen atoms in total. The van der Waals surface area contributed by atoms with Gasteiger partial charge in [-0.15, -0.1) is 5.10 Å². The first kappa shape index (κ1) is 15.7. The van der Waals surface area contributed by atoms with Crippen LogP contribution in [0.25, 0.3) is 12.2 Å². The molecule has 2 aromatic rings. The second kappa shape index (κ2) is 7.41. The molecule has 120 valence electrons. The molecule has 1 aromatic carbocycles. The van der Waals surface area contributed by atoms with E-state index in [1.807, 2.05) is 6.08 Å². The van der Waals surface area contributed by atoms with Crippen LogP contribution in [0, 0.1) is 5.82 Å². The molecule has 0 unspecified atom stereocenters. The van der Waals surface area contributed by atoms with Crippen molar-refractivity contribution in [2.75, 3.05) is 6.54 Å². The van der Waals surface area contributed by atoms with Crippen molar-refractivity contribution in [1.29, 1.82) is 0 Å². The van der Waals surface area contributed by atoms with Crippen molar-refractivity contribution in [3.05, 3.63) is 41.5 Å². The first-order chi connectivity index (χ1) is 11.2. The van der Waals surface area contributed by atoms with Crippen molar-refractivity contribution in [3.63, 3.8) is 0 Å². The number of carbonyl (C=O) groups is 1. The number of rotatable bonds is 4. The lowest BCUT2D eigenvalue weighted by molar-refractivity contribution is -0.120. The fourth-order valence-electron chi connectivity index (χ4n) is 2.29. The normalized spacial score (nSPS) is 18.8. The largest absolute Gasteiger partial charge is 0.355 e. The van der Waals surface area contributed by atoms with E-state index < -0.39 is 0 Å². The third-order valence-corrected chi connectivity index (χ3v) is 4.65. The number of nitrogens with zero attached hydrogens (tertiary/aromatic N) is 2. The van der Waals surface area contributed by atoms with E-state index in [2.05, 4.69) is 20.5 Å². The molecule has 2 heterocycles. The predicted molar refractivity (Wildman–Crippen MR) is 88.2 cm³/mol.